The van der Waals surface area contributed by atoms with E-state index in [4.69, 9.17) is 0 Å². The molecule has 5 heteroatoms. The van der Waals surface area contributed by atoms with Gasteiger partial charge in [0.05, 0.1) is 23.3 Å². The molecule has 0 spiro atoms. The van der Waals surface area contributed by atoms with Crippen molar-refractivity contribution < 1.29 is 0 Å². The highest BCUT2D eigenvalue weighted by atomic mass is 15.2. The zero-order chi connectivity index (χ0) is 34.5. The van der Waals surface area contributed by atoms with Gasteiger partial charge in [0.25, 0.3) is 0 Å². The molecule has 0 radical (unpaired) electrons. The minimum absolute atomic E-state index is 0.0133. The van der Waals surface area contributed by atoms with Gasteiger partial charge >= 0.3 is 0 Å². The van der Waals surface area contributed by atoms with Gasteiger partial charge < -0.3 is 4.90 Å². The first-order chi connectivity index (χ1) is 22.8. The van der Waals surface area contributed by atoms with Gasteiger partial charge in [0.1, 0.15) is 0 Å². The third-order valence-corrected chi connectivity index (χ3v) is 12.3. The van der Waals surface area contributed by atoms with Gasteiger partial charge in [-0.25, -0.2) is 0 Å². The van der Waals surface area contributed by atoms with Gasteiger partial charge in [-0.2, -0.15) is 10.5 Å². The fraction of sp³-hybridized carbons (Fsp3) is 0.256. The van der Waals surface area contributed by atoms with Crippen molar-refractivity contribution >= 4 is 63.3 Å². The van der Waals surface area contributed by atoms with Crippen LogP contribution >= 0.6 is 0 Å². The van der Waals surface area contributed by atoms with Crippen LogP contribution in [0.3, 0.4) is 0 Å². The molecule has 0 saturated carbocycles. The Labute approximate surface area is 287 Å². The molecule has 0 aromatic heterocycles. The molecule has 3 nitrogen and oxygen atoms in total. The molecule has 0 fully saturated rings. The Morgan fingerprint density at radius 3 is 1.10 bits per heavy atom. The normalized spacial score (nSPS) is 12.7. The average Bonchev–Trinajstić information content (AvgIpc) is 3.09. The van der Waals surface area contributed by atoms with Crippen molar-refractivity contribution in [1.82, 2.24) is 0 Å². The van der Waals surface area contributed by atoms with Crippen molar-refractivity contribution in [2.45, 2.75) is 76.2 Å². The van der Waals surface area contributed by atoms with Gasteiger partial charge in [0.2, 0.25) is 13.4 Å². The summed E-state index contributed by atoms with van der Waals surface area (Å²) in [6.45, 7) is 24.8. The SMILES string of the molecule is Cc1cc2c3c(c1)B(c1c(C)c(C)c(C)c(C)c1C)c1ccc(C#N)cc1N3c1cc(C#N)ccc1B2c1c(C)c(C)c(C)c(C)c1C. The lowest BCUT2D eigenvalue weighted by atomic mass is 9.29. The van der Waals surface area contributed by atoms with E-state index in [0.29, 0.717) is 11.1 Å². The molecule has 0 saturated heterocycles. The smallest absolute Gasteiger partial charge is 0.247 e. The van der Waals surface area contributed by atoms with Gasteiger partial charge in [-0.15, -0.1) is 0 Å². The maximum atomic E-state index is 10.2. The standard InChI is InChI=1S/C43H41B2N3/c1-22-16-37-43-38(17-22)45(42-31(10)27(6)24(3)28(7)32(42)11)36-15-13-34(21-47)19-40(36)48(43)39-18-33(20-46)12-14-35(39)44(37)41-29(8)25(4)23(2)26(5)30(41)9/h12-19H,1-11H3. The second-order valence-corrected chi connectivity index (χ2v) is 14.3. The van der Waals surface area contributed by atoms with Gasteiger partial charge in [0, 0.05) is 17.1 Å². The fourth-order valence-electron chi connectivity index (χ4n) is 8.89. The molecule has 0 atom stereocenters. The molecule has 5 aromatic rings. The summed E-state index contributed by atoms with van der Waals surface area (Å²) in [6, 6.07) is 22.0. The predicted molar refractivity (Wildman–Crippen MR) is 205 cm³/mol. The minimum Gasteiger partial charge on any atom is -0.312 e. The summed E-state index contributed by atoms with van der Waals surface area (Å²) in [5, 5.41) is 20.3. The molecule has 5 aromatic carbocycles. The van der Waals surface area contributed by atoms with E-state index in [9.17, 15) is 10.5 Å². The fourth-order valence-corrected chi connectivity index (χ4v) is 8.89. The quantitative estimate of drug-likeness (QED) is 0.224. The average molecular weight is 621 g/mol. The van der Waals surface area contributed by atoms with E-state index in [1.165, 1.54) is 99.7 Å². The molecule has 7 rings (SSSR count). The monoisotopic (exact) mass is 621 g/mol. The summed E-state index contributed by atoms with van der Waals surface area (Å²) in [6.07, 6.45) is 0. The van der Waals surface area contributed by atoms with Crippen molar-refractivity contribution in [3.63, 3.8) is 0 Å². The Morgan fingerprint density at radius 1 is 0.438 bits per heavy atom. The second-order valence-electron chi connectivity index (χ2n) is 14.3. The topological polar surface area (TPSA) is 50.8 Å². The van der Waals surface area contributed by atoms with Crippen molar-refractivity contribution in [2.24, 2.45) is 0 Å². The van der Waals surface area contributed by atoms with Crippen LogP contribution in [0, 0.1) is 98.8 Å². The number of nitriles is 2. The second kappa shape index (κ2) is 11.0. The van der Waals surface area contributed by atoms with Crippen LogP contribution in [0.5, 0.6) is 0 Å². The van der Waals surface area contributed by atoms with Gasteiger partial charge in [-0.3, -0.25) is 0 Å². The molecule has 234 valence electrons. The van der Waals surface area contributed by atoms with E-state index in [1.807, 2.05) is 12.1 Å². The number of nitrogens with zero attached hydrogens (tertiary/aromatic N) is 3. The highest BCUT2D eigenvalue weighted by molar-refractivity contribution is 7.02. The lowest BCUT2D eigenvalue weighted by Gasteiger charge is -2.45. The Balaban J connectivity index is 1.69. The molecule has 2 aliphatic rings. The van der Waals surface area contributed by atoms with E-state index in [0.717, 1.165) is 11.4 Å². The summed E-state index contributed by atoms with van der Waals surface area (Å²) < 4.78 is 0. The zero-order valence-electron chi connectivity index (χ0n) is 30.1. The van der Waals surface area contributed by atoms with Crippen molar-refractivity contribution in [3.05, 3.63) is 121 Å². The van der Waals surface area contributed by atoms with Crippen molar-refractivity contribution in [1.29, 1.82) is 10.5 Å². The molecule has 0 aliphatic carbocycles. The van der Waals surface area contributed by atoms with E-state index in [1.54, 1.807) is 0 Å². The first-order valence-corrected chi connectivity index (χ1v) is 17.0. The first-order valence-electron chi connectivity index (χ1n) is 17.0. The Hall–Kier alpha value is -4.99. The van der Waals surface area contributed by atoms with Crippen LogP contribution in [-0.2, 0) is 0 Å². The molecule has 2 aliphatic heterocycles. The molecule has 0 bridgehead atoms. The van der Waals surface area contributed by atoms with Crippen molar-refractivity contribution in [2.75, 3.05) is 4.90 Å². The van der Waals surface area contributed by atoms with Crippen LogP contribution in [-0.4, -0.2) is 13.4 Å². The van der Waals surface area contributed by atoms with Crippen LogP contribution in [0.25, 0.3) is 0 Å². The van der Waals surface area contributed by atoms with Crippen LogP contribution in [0.2, 0.25) is 0 Å². The lowest BCUT2D eigenvalue weighted by Crippen LogP contribution is -2.66. The van der Waals surface area contributed by atoms with E-state index in [-0.39, 0.29) is 13.4 Å². The summed E-state index contributed by atoms with van der Waals surface area (Å²) in [5.41, 5.74) is 26.8. The van der Waals surface area contributed by atoms with E-state index < -0.39 is 0 Å². The maximum absolute atomic E-state index is 10.2. The van der Waals surface area contributed by atoms with Crippen molar-refractivity contribution in [3.8, 4) is 12.1 Å². The van der Waals surface area contributed by atoms with Crippen LogP contribution in [0.4, 0.5) is 17.1 Å². The third kappa shape index (κ3) is 4.20. The largest absolute Gasteiger partial charge is 0.312 e. The van der Waals surface area contributed by atoms with E-state index in [2.05, 4.69) is 130 Å². The van der Waals surface area contributed by atoms with Gasteiger partial charge in [-0.1, -0.05) is 63.0 Å². The highest BCUT2D eigenvalue weighted by Crippen LogP contribution is 2.39. The Bertz CT molecular complexity index is 2130. The number of fused-ring (bicyclic) bond motifs is 4. The van der Waals surface area contributed by atoms with Crippen LogP contribution in [0.15, 0.2) is 48.5 Å². The molecule has 0 unspecified atom stereocenters. The molecular weight excluding hydrogens is 580 g/mol. The number of anilines is 3. The highest BCUT2D eigenvalue weighted by Gasteiger charge is 2.45. The van der Waals surface area contributed by atoms with Crippen LogP contribution < -0.4 is 37.7 Å². The van der Waals surface area contributed by atoms with E-state index >= 15 is 0 Å². The maximum Gasteiger partial charge on any atom is 0.247 e. The molecule has 2 heterocycles. The molecule has 0 N–H and O–H groups in total. The molecule has 0 amide bonds. The summed E-state index contributed by atoms with van der Waals surface area (Å²) >= 11 is 0. The zero-order valence-corrected chi connectivity index (χ0v) is 30.1. The predicted octanol–water partition coefficient (Wildman–Crippen LogP) is 5.95. The number of aryl methyl sites for hydroxylation is 1. The Morgan fingerprint density at radius 2 is 0.771 bits per heavy atom. The summed E-state index contributed by atoms with van der Waals surface area (Å²) in [5.74, 6) is 0. The van der Waals surface area contributed by atoms with Gasteiger partial charge in [0.15, 0.2) is 0 Å². The molecule has 48 heavy (non-hydrogen) atoms. The van der Waals surface area contributed by atoms with Crippen LogP contribution in [0.1, 0.15) is 72.3 Å². The molecular formula is C43H41B2N3. The first kappa shape index (κ1) is 31.6. The van der Waals surface area contributed by atoms with Gasteiger partial charge in [-0.05, 0) is 156 Å². The third-order valence-electron chi connectivity index (χ3n) is 12.3. The number of hydrogen-bond acceptors (Lipinski definition) is 3. The minimum atomic E-state index is -0.0133. The summed E-state index contributed by atoms with van der Waals surface area (Å²) in [7, 11) is 0. The number of hydrogen-bond donors (Lipinski definition) is 0. The number of rotatable bonds is 2. The number of benzene rings is 5. The summed E-state index contributed by atoms with van der Waals surface area (Å²) in [4.78, 5) is 2.38. The lowest BCUT2D eigenvalue weighted by molar-refractivity contribution is 1.19. The Kier molecular flexibility index (Phi) is 7.27.